The van der Waals surface area contributed by atoms with Gasteiger partial charge < -0.3 is 8.94 Å². The average molecular weight is 366 g/mol. The summed E-state index contributed by atoms with van der Waals surface area (Å²) in [5, 5.41) is 23.4. The maximum atomic E-state index is 10.7. The molecule has 0 fully saturated rings. The van der Waals surface area contributed by atoms with E-state index < -0.39 is 4.92 Å². The molecule has 0 radical (unpaired) electrons. The zero-order chi connectivity index (χ0) is 18.8. The summed E-state index contributed by atoms with van der Waals surface area (Å²) in [6, 6.07) is 9.12. The Hall–Kier alpha value is -4.12. The van der Waals surface area contributed by atoms with Crippen LogP contribution in [0.2, 0.25) is 0 Å². The van der Waals surface area contributed by atoms with Crippen molar-refractivity contribution in [3.8, 4) is 23.0 Å². The molecular formula is C16H10N6O5. The third-order valence-corrected chi connectivity index (χ3v) is 3.63. The molecule has 0 unspecified atom stereocenters. The molecule has 3 aromatic heterocycles. The lowest BCUT2D eigenvalue weighted by molar-refractivity contribution is -0.384. The SMILES string of the molecule is O=[N+]([O-])c1ccc(-c2noc(-c3oc4cccnc4c3N=CNO)n2)cc1. The molecule has 134 valence electrons. The number of rotatable bonds is 5. The fourth-order valence-electron chi connectivity index (χ4n) is 2.44. The Morgan fingerprint density at radius 3 is 2.81 bits per heavy atom. The van der Waals surface area contributed by atoms with Crippen LogP contribution in [0.15, 0.2) is 56.5 Å². The summed E-state index contributed by atoms with van der Waals surface area (Å²) in [5.41, 5.74) is 3.51. The first-order valence-corrected chi connectivity index (χ1v) is 7.56. The molecular weight excluding hydrogens is 356 g/mol. The van der Waals surface area contributed by atoms with Gasteiger partial charge in [-0.3, -0.25) is 25.8 Å². The maximum absolute atomic E-state index is 10.7. The molecule has 1 aromatic carbocycles. The van der Waals surface area contributed by atoms with Crippen LogP contribution in [0, 0.1) is 10.1 Å². The number of nitro benzene ring substituents is 1. The normalized spacial score (nSPS) is 11.3. The molecule has 0 aliphatic carbocycles. The minimum absolute atomic E-state index is 0.0426. The molecule has 27 heavy (non-hydrogen) atoms. The Labute approximate surface area is 150 Å². The number of non-ortho nitro benzene ring substituents is 1. The molecule has 0 amide bonds. The van der Waals surface area contributed by atoms with Crippen LogP contribution in [0.5, 0.6) is 0 Å². The predicted octanol–water partition coefficient (Wildman–Crippen LogP) is 3.09. The number of pyridine rings is 1. The van der Waals surface area contributed by atoms with Gasteiger partial charge in [-0.25, -0.2) is 4.99 Å². The summed E-state index contributed by atoms with van der Waals surface area (Å²) in [5.74, 6) is 0.450. The van der Waals surface area contributed by atoms with E-state index >= 15 is 0 Å². The van der Waals surface area contributed by atoms with E-state index in [2.05, 4.69) is 20.1 Å². The third-order valence-electron chi connectivity index (χ3n) is 3.63. The van der Waals surface area contributed by atoms with Crippen molar-refractivity contribution < 1.29 is 19.1 Å². The molecule has 4 aromatic rings. The first kappa shape index (κ1) is 16.4. The monoisotopic (exact) mass is 366 g/mol. The topological polar surface area (TPSA) is 153 Å². The number of hydrogen-bond acceptors (Lipinski definition) is 9. The van der Waals surface area contributed by atoms with Crippen molar-refractivity contribution in [3.05, 3.63) is 52.7 Å². The van der Waals surface area contributed by atoms with Gasteiger partial charge in [0.05, 0.1) is 4.92 Å². The molecule has 0 atom stereocenters. The number of nitro groups is 1. The second-order valence-electron chi connectivity index (χ2n) is 5.24. The van der Waals surface area contributed by atoms with Gasteiger partial charge in [0.1, 0.15) is 17.5 Å². The van der Waals surface area contributed by atoms with Gasteiger partial charge >= 0.3 is 0 Å². The van der Waals surface area contributed by atoms with E-state index in [1.165, 1.54) is 24.3 Å². The Kier molecular flexibility index (Phi) is 4.03. The summed E-state index contributed by atoms with van der Waals surface area (Å²) in [6.07, 6.45) is 2.62. The average Bonchev–Trinajstić information content (AvgIpc) is 3.31. The summed E-state index contributed by atoms with van der Waals surface area (Å²) >= 11 is 0. The molecule has 0 aliphatic heterocycles. The van der Waals surface area contributed by atoms with Gasteiger partial charge in [0.15, 0.2) is 5.58 Å². The van der Waals surface area contributed by atoms with Gasteiger partial charge in [-0.1, -0.05) is 5.16 Å². The van der Waals surface area contributed by atoms with Crippen LogP contribution in [0.4, 0.5) is 11.4 Å². The minimum Gasteiger partial charge on any atom is -0.447 e. The van der Waals surface area contributed by atoms with Crippen molar-refractivity contribution in [2.24, 2.45) is 4.99 Å². The Morgan fingerprint density at radius 2 is 2.07 bits per heavy atom. The molecule has 4 rings (SSSR count). The number of furan rings is 1. The van der Waals surface area contributed by atoms with E-state index in [1.54, 1.807) is 18.3 Å². The number of aromatic nitrogens is 3. The fraction of sp³-hybridized carbons (Fsp3) is 0. The van der Waals surface area contributed by atoms with Crippen molar-refractivity contribution in [1.82, 2.24) is 20.6 Å². The molecule has 11 nitrogen and oxygen atoms in total. The van der Waals surface area contributed by atoms with E-state index in [0.29, 0.717) is 22.4 Å². The van der Waals surface area contributed by atoms with Gasteiger partial charge in [-0.15, -0.1) is 0 Å². The van der Waals surface area contributed by atoms with Crippen molar-refractivity contribution in [1.29, 1.82) is 0 Å². The number of nitrogens with one attached hydrogen (secondary N) is 1. The Balaban J connectivity index is 1.77. The lowest BCUT2D eigenvalue weighted by atomic mass is 10.2. The largest absolute Gasteiger partial charge is 0.447 e. The van der Waals surface area contributed by atoms with E-state index in [-0.39, 0.29) is 23.2 Å². The highest BCUT2D eigenvalue weighted by Crippen LogP contribution is 2.38. The van der Waals surface area contributed by atoms with Crippen LogP contribution in [-0.2, 0) is 0 Å². The van der Waals surface area contributed by atoms with Gasteiger partial charge in [-0.2, -0.15) is 4.98 Å². The maximum Gasteiger partial charge on any atom is 0.296 e. The van der Waals surface area contributed by atoms with E-state index in [4.69, 9.17) is 14.1 Å². The summed E-state index contributed by atoms with van der Waals surface area (Å²) in [4.78, 5) is 22.8. The number of aliphatic imine (C=N–C) groups is 1. The molecule has 0 saturated carbocycles. The number of hydrogen-bond donors (Lipinski definition) is 2. The Bertz CT molecular complexity index is 1150. The van der Waals surface area contributed by atoms with Gasteiger partial charge in [-0.05, 0) is 24.3 Å². The van der Waals surface area contributed by atoms with Crippen molar-refractivity contribution in [3.63, 3.8) is 0 Å². The molecule has 3 heterocycles. The Morgan fingerprint density at radius 1 is 1.26 bits per heavy atom. The second-order valence-corrected chi connectivity index (χ2v) is 5.24. The first-order valence-electron chi connectivity index (χ1n) is 7.56. The zero-order valence-electron chi connectivity index (χ0n) is 13.4. The van der Waals surface area contributed by atoms with Crippen molar-refractivity contribution in [2.75, 3.05) is 0 Å². The van der Waals surface area contributed by atoms with Crippen molar-refractivity contribution in [2.45, 2.75) is 0 Å². The number of hydroxylamine groups is 1. The summed E-state index contributed by atoms with van der Waals surface area (Å²) < 4.78 is 11.0. The summed E-state index contributed by atoms with van der Waals surface area (Å²) in [7, 11) is 0. The lowest BCUT2D eigenvalue weighted by Crippen LogP contribution is -2.00. The van der Waals surface area contributed by atoms with E-state index in [0.717, 1.165) is 6.34 Å². The predicted molar refractivity (Wildman–Crippen MR) is 92.5 cm³/mol. The fourth-order valence-corrected chi connectivity index (χ4v) is 2.44. The lowest BCUT2D eigenvalue weighted by Gasteiger charge is -1.94. The molecule has 11 heteroatoms. The third kappa shape index (κ3) is 2.98. The number of fused-ring (bicyclic) bond motifs is 1. The van der Waals surface area contributed by atoms with Gasteiger partial charge in [0.25, 0.3) is 11.6 Å². The highest BCUT2D eigenvalue weighted by atomic mass is 16.6. The smallest absolute Gasteiger partial charge is 0.296 e. The van der Waals surface area contributed by atoms with Crippen LogP contribution in [0.1, 0.15) is 0 Å². The molecule has 0 bridgehead atoms. The van der Waals surface area contributed by atoms with Crippen LogP contribution in [0.3, 0.4) is 0 Å². The van der Waals surface area contributed by atoms with E-state index in [9.17, 15) is 10.1 Å². The standard InChI is InChI=1S/C16H10N6O5/c23-19-8-18-13-12-11(2-1-7-17-12)26-14(13)16-20-15(21-27-16)9-3-5-10(6-4-9)22(24)25/h1-8,23H,(H,18,19). The minimum atomic E-state index is -0.494. The quantitative estimate of drug-likeness (QED) is 0.235. The molecule has 0 spiro atoms. The van der Waals surface area contributed by atoms with Crippen LogP contribution in [0.25, 0.3) is 34.1 Å². The van der Waals surface area contributed by atoms with E-state index in [1.807, 2.05) is 5.48 Å². The highest BCUT2D eigenvalue weighted by molar-refractivity contribution is 5.94. The van der Waals surface area contributed by atoms with Crippen molar-refractivity contribution >= 4 is 28.8 Å². The van der Waals surface area contributed by atoms with Crippen LogP contribution < -0.4 is 5.48 Å². The zero-order valence-corrected chi connectivity index (χ0v) is 13.4. The molecule has 0 aliphatic rings. The van der Waals surface area contributed by atoms with Gasteiger partial charge in [0, 0.05) is 23.9 Å². The molecule has 2 N–H and O–H groups in total. The second kappa shape index (κ2) is 6.65. The molecule has 0 saturated heterocycles. The first-order chi connectivity index (χ1) is 13.2. The number of nitrogens with zero attached hydrogens (tertiary/aromatic N) is 5. The summed E-state index contributed by atoms with van der Waals surface area (Å²) in [6.45, 7) is 0. The van der Waals surface area contributed by atoms with Crippen LogP contribution in [-0.4, -0.2) is 31.6 Å². The van der Waals surface area contributed by atoms with Crippen LogP contribution >= 0.6 is 0 Å². The van der Waals surface area contributed by atoms with Gasteiger partial charge in [0.2, 0.25) is 11.6 Å². The number of benzene rings is 1. The highest BCUT2D eigenvalue weighted by Gasteiger charge is 2.22.